The first-order valence-corrected chi connectivity index (χ1v) is 7.36. The molecule has 2 nitrogen and oxygen atoms in total. The second-order valence-electron chi connectivity index (χ2n) is 5.71. The average molecular weight is 224 g/mol. The van der Waals surface area contributed by atoms with E-state index in [1.165, 1.54) is 77.5 Å². The maximum Gasteiger partial charge on any atom is -0.000837 e. The first-order valence-electron chi connectivity index (χ1n) is 7.36. The summed E-state index contributed by atoms with van der Waals surface area (Å²) in [6, 6.07) is 0. The highest BCUT2D eigenvalue weighted by Gasteiger charge is 2.14. The normalized spacial score (nSPS) is 28.1. The minimum atomic E-state index is 0.889. The molecule has 16 heavy (non-hydrogen) atoms. The first-order chi connectivity index (χ1) is 7.95. The summed E-state index contributed by atoms with van der Waals surface area (Å²) in [5.74, 6) is 1.92. The Morgan fingerprint density at radius 1 is 0.938 bits per heavy atom. The van der Waals surface area contributed by atoms with Crippen LogP contribution in [0.3, 0.4) is 0 Å². The number of hydrogen-bond donors (Lipinski definition) is 2. The fourth-order valence-electron chi connectivity index (χ4n) is 3.19. The van der Waals surface area contributed by atoms with Crippen molar-refractivity contribution < 1.29 is 0 Å². The summed E-state index contributed by atoms with van der Waals surface area (Å²) in [6.07, 6.45) is 11.6. The van der Waals surface area contributed by atoms with Gasteiger partial charge in [0, 0.05) is 0 Å². The Labute approximate surface area is 101 Å². The van der Waals surface area contributed by atoms with E-state index in [4.69, 9.17) is 0 Å². The molecule has 1 aliphatic carbocycles. The van der Waals surface area contributed by atoms with Crippen LogP contribution in [0.5, 0.6) is 0 Å². The van der Waals surface area contributed by atoms with Crippen molar-refractivity contribution in [2.75, 3.05) is 26.2 Å². The molecule has 1 saturated heterocycles. The molecule has 0 spiro atoms. The monoisotopic (exact) mass is 224 g/mol. The van der Waals surface area contributed by atoms with Crippen LogP contribution in [0.25, 0.3) is 0 Å². The minimum Gasteiger partial charge on any atom is -0.316 e. The van der Waals surface area contributed by atoms with Gasteiger partial charge in [-0.25, -0.2) is 0 Å². The fraction of sp³-hybridized carbons (Fsp3) is 1.00. The van der Waals surface area contributed by atoms with Crippen LogP contribution in [0.4, 0.5) is 0 Å². The smallest absolute Gasteiger partial charge is 0.000837 e. The van der Waals surface area contributed by atoms with Crippen molar-refractivity contribution in [2.45, 2.75) is 51.4 Å². The highest BCUT2D eigenvalue weighted by atomic mass is 14.9. The van der Waals surface area contributed by atoms with Gasteiger partial charge in [-0.1, -0.05) is 32.1 Å². The molecule has 0 aromatic rings. The maximum absolute atomic E-state index is 3.66. The lowest BCUT2D eigenvalue weighted by atomic mass is 9.87. The second-order valence-corrected chi connectivity index (χ2v) is 5.71. The van der Waals surface area contributed by atoms with Gasteiger partial charge >= 0.3 is 0 Å². The predicted molar refractivity (Wildman–Crippen MR) is 69.7 cm³/mol. The molecule has 1 heterocycles. The maximum atomic E-state index is 3.66. The molecule has 2 aliphatic rings. The quantitative estimate of drug-likeness (QED) is 0.701. The molecule has 2 heteroatoms. The minimum absolute atomic E-state index is 0.889. The summed E-state index contributed by atoms with van der Waals surface area (Å²) in [6.45, 7) is 4.95. The third-order valence-electron chi connectivity index (χ3n) is 4.29. The molecule has 0 radical (unpaired) electrons. The van der Waals surface area contributed by atoms with Gasteiger partial charge in [-0.3, -0.25) is 0 Å². The molecule has 1 aliphatic heterocycles. The predicted octanol–water partition coefficient (Wildman–Crippen LogP) is 2.55. The topological polar surface area (TPSA) is 24.1 Å². The van der Waals surface area contributed by atoms with Crippen molar-refractivity contribution in [1.29, 1.82) is 0 Å². The summed E-state index contributed by atoms with van der Waals surface area (Å²) >= 11 is 0. The molecule has 2 rings (SSSR count). The largest absolute Gasteiger partial charge is 0.316 e. The standard InChI is InChI=1S/C14H28N2/c1-2-5-13(6-3-1)8-10-16-12-14-7-4-9-15-11-14/h13-16H,1-12H2. The van der Waals surface area contributed by atoms with E-state index in [9.17, 15) is 0 Å². The first kappa shape index (κ1) is 12.4. The van der Waals surface area contributed by atoms with Crippen LogP contribution in [0, 0.1) is 11.8 Å². The van der Waals surface area contributed by atoms with Gasteiger partial charge in [0.1, 0.15) is 0 Å². The summed E-state index contributed by atoms with van der Waals surface area (Å²) in [4.78, 5) is 0. The number of nitrogens with one attached hydrogen (secondary N) is 2. The Balaban J connectivity index is 1.47. The summed E-state index contributed by atoms with van der Waals surface area (Å²) in [7, 11) is 0. The van der Waals surface area contributed by atoms with E-state index < -0.39 is 0 Å². The zero-order valence-electron chi connectivity index (χ0n) is 10.6. The highest BCUT2D eigenvalue weighted by molar-refractivity contribution is 4.72. The molecule has 1 unspecified atom stereocenters. The average Bonchev–Trinajstić information content (AvgIpc) is 2.37. The van der Waals surface area contributed by atoms with E-state index in [2.05, 4.69) is 10.6 Å². The van der Waals surface area contributed by atoms with Gasteiger partial charge in [0.15, 0.2) is 0 Å². The van der Waals surface area contributed by atoms with Crippen LogP contribution in [-0.2, 0) is 0 Å². The van der Waals surface area contributed by atoms with Crippen molar-refractivity contribution >= 4 is 0 Å². The van der Waals surface area contributed by atoms with Gasteiger partial charge in [-0.15, -0.1) is 0 Å². The second kappa shape index (κ2) is 7.29. The Kier molecular flexibility index (Phi) is 5.64. The molecule has 2 N–H and O–H groups in total. The van der Waals surface area contributed by atoms with Gasteiger partial charge in [0.25, 0.3) is 0 Å². The van der Waals surface area contributed by atoms with E-state index in [-0.39, 0.29) is 0 Å². The summed E-state index contributed by atoms with van der Waals surface area (Å²) in [5, 5.41) is 7.15. The van der Waals surface area contributed by atoms with Crippen LogP contribution in [0.2, 0.25) is 0 Å². The molecule has 94 valence electrons. The van der Waals surface area contributed by atoms with Gasteiger partial charge in [-0.2, -0.15) is 0 Å². The van der Waals surface area contributed by atoms with Gasteiger partial charge in [-0.05, 0) is 57.3 Å². The Morgan fingerprint density at radius 2 is 1.75 bits per heavy atom. The third-order valence-corrected chi connectivity index (χ3v) is 4.29. The van der Waals surface area contributed by atoms with Crippen molar-refractivity contribution in [3.8, 4) is 0 Å². The summed E-state index contributed by atoms with van der Waals surface area (Å²) in [5.41, 5.74) is 0. The molecule has 2 fully saturated rings. The fourth-order valence-corrected chi connectivity index (χ4v) is 3.19. The van der Waals surface area contributed by atoms with Gasteiger partial charge in [0.2, 0.25) is 0 Å². The lowest BCUT2D eigenvalue weighted by Gasteiger charge is -2.24. The molecule has 1 atom stereocenters. The Bertz CT molecular complexity index is 150. The van der Waals surface area contributed by atoms with E-state index in [1.54, 1.807) is 0 Å². The van der Waals surface area contributed by atoms with E-state index in [1.807, 2.05) is 0 Å². The van der Waals surface area contributed by atoms with Crippen molar-refractivity contribution in [2.24, 2.45) is 11.8 Å². The van der Waals surface area contributed by atoms with Crippen LogP contribution in [0.1, 0.15) is 51.4 Å². The number of piperidine rings is 1. The van der Waals surface area contributed by atoms with Crippen molar-refractivity contribution in [1.82, 2.24) is 10.6 Å². The van der Waals surface area contributed by atoms with Gasteiger partial charge in [0.05, 0.1) is 0 Å². The van der Waals surface area contributed by atoms with E-state index in [0.29, 0.717) is 0 Å². The third kappa shape index (κ3) is 4.42. The lowest BCUT2D eigenvalue weighted by molar-refractivity contribution is 0.319. The molecule has 0 bridgehead atoms. The Morgan fingerprint density at radius 3 is 2.50 bits per heavy atom. The zero-order valence-corrected chi connectivity index (χ0v) is 10.6. The lowest BCUT2D eigenvalue weighted by Crippen LogP contribution is -2.36. The molecular formula is C14H28N2. The van der Waals surface area contributed by atoms with Crippen molar-refractivity contribution in [3.05, 3.63) is 0 Å². The molecule has 1 saturated carbocycles. The van der Waals surface area contributed by atoms with Gasteiger partial charge < -0.3 is 10.6 Å². The van der Waals surface area contributed by atoms with Crippen LogP contribution >= 0.6 is 0 Å². The van der Waals surface area contributed by atoms with E-state index in [0.717, 1.165) is 11.8 Å². The van der Waals surface area contributed by atoms with Crippen LogP contribution in [-0.4, -0.2) is 26.2 Å². The van der Waals surface area contributed by atoms with Crippen molar-refractivity contribution in [3.63, 3.8) is 0 Å². The number of rotatable bonds is 5. The number of hydrogen-bond acceptors (Lipinski definition) is 2. The summed E-state index contributed by atoms with van der Waals surface area (Å²) < 4.78 is 0. The zero-order chi connectivity index (χ0) is 11.1. The SMILES string of the molecule is C1CCC(CCNCC2CCCNC2)CC1. The van der Waals surface area contributed by atoms with Crippen LogP contribution in [0.15, 0.2) is 0 Å². The molecule has 0 amide bonds. The van der Waals surface area contributed by atoms with E-state index >= 15 is 0 Å². The van der Waals surface area contributed by atoms with Crippen LogP contribution < -0.4 is 10.6 Å². The molecule has 0 aromatic heterocycles. The highest BCUT2D eigenvalue weighted by Crippen LogP contribution is 2.25. The Hall–Kier alpha value is -0.0800. The molecule has 0 aromatic carbocycles. The molecular weight excluding hydrogens is 196 g/mol.